The van der Waals surface area contributed by atoms with Gasteiger partial charge in [0.15, 0.2) is 6.10 Å². The number of amides is 1. The number of sulfonamides is 1. The molecular formula is C28H24N6O5S. The van der Waals surface area contributed by atoms with E-state index in [2.05, 4.69) is 30.0 Å². The van der Waals surface area contributed by atoms with E-state index in [0.29, 0.717) is 28.2 Å². The predicted molar refractivity (Wildman–Crippen MR) is 149 cm³/mol. The molecule has 202 valence electrons. The second-order valence-corrected chi connectivity index (χ2v) is 10.6. The maximum absolute atomic E-state index is 12.7. The Labute approximate surface area is 229 Å². The summed E-state index contributed by atoms with van der Waals surface area (Å²) in [6.07, 6.45) is 0.331. The van der Waals surface area contributed by atoms with Gasteiger partial charge in [0.1, 0.15) is 5.82 Å². The van der Waals surface area contributed by atoms with Crippen molar-refractivity contribution in [3.05, 3.63) is 96.3 Å². The smallest absolute Gasteiger partial charge is 0.338 e. The molecule has 3 aromatic carbocycles. The van der Waals surface area contributed by atoms with Crippen LogP contribution in [0.1, 0.15) is 23.0 Å². The number of anilines is 2. The molecule has 0 saturated carbocycles. The van der Waals surface area contributed by atoms with Gasteiger partial charge in [-0.15, -0.1) is 0 Å². The molecule has 40 heavy (non-hydrogen) atoms. The number of hydrogen-bond donors (Lipinski definition) is 3. The number of aromatic nitrogens is 4. The first-order valence-electron chi connectivity index (χ1n) is 12.2. The molecule has 2 aromatic heterocycles. The van der Waals surface area contributed by atoms with Crippen molar-refractivity contribution in [3.63, 3.8) is 0 Å². The van der Waals surface area contributed by atoms with Crippen molar-refractivity contribution in [2.75, 3.05) is 10.0 Å². The fourth-order valence-corrected chi connectivity index (χ4v) is 4.74. The lowest BCUT2D eigenvalue weighted by atomic mass is 10.2. The molecule has 1 atom stereocenters. The lowest BCUT2D eigenvalue weighted by molar-refractivity contribution is -0.123. The fraction of sp³-hybridized carbons (Fsp3) is 0.107. The van der Waals surface area contributed by atoms with Gasteiger partial charge in [0.05, 0.1) is 21.5 Å². The monoisotopic (exact) mass is 556 g/mol. The van der Waals surface area contributed by atoms with Crippen LogP contribution in [0.2, 0.25) is 0 Å². The Morgan fingerprint density at radius 3 is 2.42 bits per heavy atom. The number of H-pyrrole nitrogens is 1. The topological polar surface area (TPSA) is 156 Å². The summed E-state index contributed by atoms with van der Waals surface area (Å²) in [6.45, 7) is 3.16. The van der Waals surface area contributed by atoms with Gasteiger partial charge in [-0.2, -0.15) is 0 Å². The standard InChI is InChI=1S/C28H24N6O5S/c1-17-14-15-29-28(30-17)34-40(37,38)22-11-9-21(10-12-22)31-26(35)18(2)39-27(36)20-8-13-23-24(16-20)33-25(32-23)19-6-4-3-5-7-19/h3-16,18H,1-2H3,(H,31,35)(H,32,33)(H,29,30,34). The minimum atomic E-state index is -3.93. The predicted octanol–water partition coefficient (Wildman–Crippen LogP) is 4.31. The molecule has 0 aliphatic carbocycles. The number of carbonyl (C=O) groups is 2. The average Bonchev–Trinajstić information content (AvgIpc) is 3.37. The van der Waals surface area contributed by atoms with E-state index >= 15 is 0 Å². The van der Waals surface area contributed by atoms with Gasteiger partial charge in [-0.3, -0.25) is 4.79 Å². The first-order valence-corrected chi connectivity index (χ1v) is 13.7. The van der Waals surface area contributed by atoms with Crippen LogP contribution in [0.3, 0.4) is 0 Å². The van der Waals surface area contributed by atoms with Crippen LogP contribution in [0.4, 0.5) is 11.6 Å². The summed E-state index contributed by atoms with van der Waals surface area (Å²) in [7, 11) is -3.93. The highest BCUT2D eigenvalue weighted by Crippen LogP contribution is 2.22. The van der Waals surface area contributed by atoms with E-state index in [9.17, 15) is 18.0 Å². The van der Waals surface area contributed by atoms with Crippen molar-refractivity contribution < 1.29 is 22.7 Å². The van der Waals surface area contributed by atoms with E-state index in [1.807, 2.05) is 30.3 Å². The number of imidazole rings is 1. The molecule has 12 heteroatoms. The zero-order chi connectivity index (χ0) is 28.3. The van der Waals surface area contributed by atoms with Gasteiger partial charge in [-0.1, -0.05) is 30.3 Å². The van der Waals surface area contributed by atoms with E-state index in [1.54, 1.807) is 31.2 Å². The molecular weight excluding hydrogens is 532 g/mol. The quantitative estimate of drug-likeness (QED) is 0.239. The minimum absolute atomic E-state index is 0.0419. The molecule has 0 saturated heterocycles. The molecule has 11 nitrogen and oxygen atoms in total. The van der Waals surface area contributed by atoms with Gasteiger partial charge in [-0.05, 0) is 62.4 Å². The number of nitrogens with zero attached hydrogens (tertiary/aromatic N) is 3. The van der Waals surface area contributed by atoms with Gasteiger partial charge < -0.3 is 15.0 Å². The fourth-order valence-electron chi connectivity index (χ4n) is 3.79. The Bertz CT molecular complexity index is 1800. The molecule has 0 aliphatic heterocycles. The number of carbonyl (C=O) groups excluding carboxylic acids is 2. The van der Waals surface area contributed by atoms with Crippen molar-refractivity contribution in [2.45, 2.75) is 24.8 Å². The van der Waals surface area contributed by atoms with Gasteiger partial charge >= 0.3 is 5.97 Å². The van der Waals surface area contributed by atoms with Gasteiger partial charge in [0.25, 0.3) is 15.9 Å². The number of hydrogen-bond acceptors (Lipinski definition) is 8. The third-order valence-corrected chi connectivity index (χ3v) is 7.21. The summed E-state index contributed by atoms with van der Waals surface area (Å²) in [5.74, 6) is -0.626. The van der Waals surface area contributed by atoms with Crippen molar-refractivity contribution in [2.24, 2.45) is 0 Å². The lowest BCUT2D eigenvalue weighted by Gasteiger charge is -2.14. The highest BCUT2D eigenvalue weighted by Gasteiger charge is 2.21. The summed E-state index contributed by atoms with van der Waals surface area (Å²) < 4.78 is 32.9. The normalized spacial score (nSPS) is 12.1. The Hall–Kier alpha value is -5.10. The number of benzene rings is 3. The lowest BCUT2D eigenvalue weighted by Crippen LogP contribution is -2.30. The molecule has 1 amide bonds. The van der Waals surface area contributed by atoms with E-state index in [0.717, 1.165) is 5.56 Å². The molecule has 0 fully saturated rings. The van der Waals surface area contributed by atoms with E-state index in [1.165, 1.54) is 37.4 Å². The van der Waals surface area contributed by atoms with Crippen LogP contribution in [0.25, 0.3) is 22.4 Å². The van der Waals surface area contributed by atoms with E-state index in [4.69, 9.17) is 4.74 Å². The Morgan fingerprint density at radius 2 is 1.70 bits per heavy atom. The number of ether oxygens (including phenoxy) is 1. The summed E-state index contributed by atoms with van der Waals surface area (Å²) in [5, 5.41) is 2.61. The van der Waals surface area contributed by atoms with Gasteiger partial charge in [-0.25, -0.2) is 32.9 Å². The first kappa shape index (κ1) is 26.5. The molecule has 0 spiro atoms. The summed E-state index contributed by atoms with van der Waals surface area (Å²) in [4.78, 5) is 41.0. The number of esters is 1. The average molecular weight is 557 g/mol. The van der Waals surface area contributed by atoms with Crippen LogP contribution in [0, 0.1) is 6.92 Å². The minimum Gasteiger partial charge on any atom is -0.449 e. The zero-order valence-electron chi connectivity index (χ0n) is 21.5. The van der Waals surface area contributed by atoms with Crippen LogP contribution < -0.4 is 10.0 Å². The molecule has 3 N–H and O–H groups in total. The van der Waals surface area contributed by atoms with Crippen LogP contribution in [-0.2, 0) is 19.6 Å². The number of fused-ring (bicyclic) bond motifs is 1. The molecule has 5 rings (SSSR count). The maximum Gasteiger partial charge on any atom is 0.338 e. The number of aryl methyl sites for hydroxylation is 1. The van der Waals surface area contributed by atoms with E-state index in [-0.39, 0.29) is 16.4 Å². The second kappa shape index (κ2) is 10.9. The Kier molecular flexibility index (Phi) is 7.25. The molecule has 2 heterocycles. The van der Waals surface area contributed by atoms with Crippen molar-refractivity contribution in [3.8, 4) is 11.4 Å². The molecule has 1 unspecified atom stereocenters. The number of aromatic amines is 1. The highest BCUT2D eigenvalue weighted by molar-refractivity contribution is 7.92. The van der Waals surface area contributed by atoms with Crippen molar-refractivity contribution in [1.82, 2.24) is 19.9 Å². The van der Waals surface area contributed by atoms with Gasteiger partial charge in [0, 0.05) is 23.1 Å². The second-order valence-electron chi connectivity index (χ2n) is 8.87. The van der Waals surface area contributed by atoms with Crippen LogP contribution >= 0.6 is 0 Å². The summed E-state index contributed by atoms with van der Waals surface area (Å²) in [5.41, 5.74) is 3.45. The maximum atomic E-state index is 12.7. The molecule has 0 bridgehead atoms. The van der Waals surface area contributed by atoms with Crippen LogP contribution in [0.5, 0.6) is 0 Å². The number of rotatable bonds is 8. The van der Waals surface area contributed by atoms with Crippen LogP contribution in [0.15, 0.2) is 90.0 Å². The van der Waals surface area contributed by atoms with Crippen molar-refractivity contribution in [1.29, 1.82) is 0 Å². The summed E-state index contributed by atoms with van der Waals surface area (Å²) >= 11 is 0. The third-order valence-electron chi connectivity index (χ3n) is 5.87. The summed E-state index contributed by atoms with van der Waals surface area (Å²) in [6, 6.07) is 21.6. The van der Waals surface area contributed by atoms with Gasteiger partial charge in [0.2, 0.25) is 5.95 Å². The molecule has 5 aromatic rings. The molecule has 0 aliphatic rings. The zero-order valence-corrected chi connectivity index (χ0v) is 22.3. The van der Waals surface area contributed by atoms with Crippen molar-refractivity contribution >= 4 is 44.6 Å². The molecule has 0 radical (unpaired) electrons. The SMILES string of the molecule is Cc1ccnc(NS(=O)(=O)c2ccc(NC(=O)C(C)OC(=O)c3ccc4nc(-c5ccccc5)[nH]c4c3)cc2)n1. The first-order chi connectivity index (χ1) is 19.2. The highest BCUT2D eigenvalue weighted by atomic mass is 32.2. The third kappa shape index (κ3) is 5.97. The van der Waals surface area contributed by atoms with Crippen LogP contribution in [-0.4, -0.2) is 46.3 Å². The largest absolute Gasteiger partial charge is 0.449 e. The van der Waals surface area contributed by atoms with E-state index < -0.39 is 28.0 Å². The Morgan fingerprint density at radius 1 is 0.950 bits per heavy atom. The number of nitrogens with one attached hydrogen (secondary N) is 3. The Balaban J connectivity index is 1.20.